The molecule has 0 bridgehead atoms. The summed E-state index contributed by atoms with van der Waals surface area (Å²) in [6.07, 6.45) is 1.08. The van der Waals surface area contributed by atoms with Crippen LogP contribution in [0.15, 0.2) is 24.3 Å². The van der Waals surface area contributed by atoms with E-state index in [-0.39, 0.29) is 11.5 Å². The first kappa shape index (κ1) is 15.5. The van der Waals surface area contributed by atoms with Crippen LogP contribution in [0.25, 0.3) is 0 Å². The molecule has 4 nitrogen and oxygen atoms in total. The summed E-state index contributed by atoms with van der Waals surface area (Å²) in [6.45, 7) is 7.41. The number of ether oxygens (including phenoxy) is 1. The third kappa shape index (κ3) is 5.30. The highest BCUT2D eigenvalue weighted by molar-refractivity contribution is 5.94. The number of amides is 1. The number of hydrogen-bond donors (Lipinski definition) is 2. The molecule has 4 heteroatoms. The number of methoxy groups -OCH3 is 1. The first-order valence-electron chi connectivity index (χ1n) is 6.66. The van der Waals surface area contributed by atoms with E-state index in [1.165, 1.54) is 0 Å². The van der Waals surface area contributed by atoms with Gasteiger partial charge in [-0.1, -0.05) is 6.92 Å². The van der Waals surface area contributed by atoms with Gasteiger partial charge in [0.05, 0.1) is 5.60 Å². The summed E-state index contributed by atoms with van der Waals surface area (Å²) in [5.41, 5.74) is 1.35. The third-order valence-electron chi connectivity index (χ3n) is 2.95. The molecule has 0 aliphatic heterocycles. The van der Waals surface area contributed by atoms with Crippen molar-refractivity contribution in [2.45, 2.75) is 32.8 Å². The van der Waals surface area contributed by atoms with Gasteiger partial charge in [0.15, 0.2) is 0 Å². The van der Waals surface area contributed by atoms with Gasteiger partial charge >= 0.3 is 0 Å². The fraction of sp³-hybridized carbons (Fsp3) is 0.533. The molecule has 1 aromatic carbocycles. The van der Waals surface area contributed by atoms with Crippen molar-refractivity contribution < 1.29 is 9.53 Å². The molecule has 1 amide bonds. The van der Waals surface area contributed by atoms with Crippen LogP contribution in [0, 0.1) is 0 Å². The van der Waals surface area contributed by atoms with E-state index in [9.17, 15) is 4.79 Å². The topological polar surface area (TPSA) is 50.4 Å². The predicted octanol–water partition coefficient (Wildman–Crippen LogP) is 2.66. The van der Waals surface area contributed by atoms with E-state index in [4.69, 9.17) is 4.74 Å². The molecule has 0 aliphatic rings. The monoisotopic (exact) mass is 264 g/mol. The van der Waals surface area contributed by atoms with Crippen LogP contribution in [-0.2, 0) is 4.74 Å². The van der Waals surface area contributed by atoms with Crippen molar-refractivity contribution in [1.82, 2.24) is 5.32 Å². The normalized spacial score (nSPS) is 11.2. The minimum absolute atomic E-state index is 0.0767. The molecule has 0 atom stereocenters. The van der Waals surface area contributed by atoms with E-state index < -0.39 is 0 Å². The summed E-state index contributed by atoms with van der Waals surface area (Å²) in [5, 5.41) is 6.14. The molecule has 0 saturated carbocycles. The zero-order chi connectivity index (χ0) is 14.3. The number of anilines is 1. The lowest BCUT2D eigenvalue weighted by Crippen LogP contribution is -2.39. The van der Waals surface area contributed by atoms with Gasteiger partial charge in [-0.05, 0) is 44.5 Å². The number of carbonyl (C=O) groups excluding carboxylic acids is 1. The number of benzene rings is 1. The zero-order valence-corrected chi connectivity index (χ0v) is 12.2. The van der Waals surface area contributed by atoms with Crippen LogP contribution in [0.5, 0.6) is 0 Å². The van der Waals surface area contributed by atoms with Crippen molar-refractivity contribution in [3.63, 3.8) is 0 Å². The van der Waals surface area contributed by atoms with Crippen LogP contribution >= 0.6 is 0 Å². The van der Waals surface area contributed by atoms with Crippen LogP contribution in [0.1, 0.15) is 37.6 Å². The Morgan fingerprint density at radius 3 is 2.42 bits per heavy atom. The van der Waals surface area contributed by atoms with Gasteiger partial charge in [0.25, 0.3) is 5.91 Å². The largest absolute Gasteiger partial charge is 0.385 e. The predicted molar refractivity (Wildman–Crippen MR) is 78.6 cm³/mol. The fourth-order valence-corrected chi connectivity index (χ4v) is 1.48. The van der Waals surface area contributed by atoms with Gasteiger partial charge < -0.3 is 15.4 Å². The molecule has 0 fully saturated rings. The Hall–Kier alpha value is -1.55. The Morgan fingerprint density at radius 2 is 1.89 bits per heavy atom. The Morgan fingerprint density at radius 1 is 1.26 bits per heavy atom. The minimum Gasteiger partial charge on any atom is -0.385 e. The molecule has 106 valence electrons. The van der Waals surface area contributed by atoms with E-state index in [1.807, 2.05) is 38.1 Å². The summed E-state index contributed by atoms with van der Waals surface area (Å²) < 4.78 is 5.26. The molecule has 0 saturated heterocycles. The van der Waals surface area contributed by atoms with E-state index in [2.05, 4.69) is 17.6 Å². The molecule has 0 heterocycles. The third-order valence-corrected chi connectivity index (χ3v) is 2.95. The summed E-state index contributed by atoms with van der Waals surface area (Å²) in [5.74, 6) is -0.0767. The lowest BCUT2D eigenvalue weighted by molar-refractivity contribution is 0.0229. The minimum atomic E-state index is -0.349. The van der Waals surface area contributed by atoms with Gasteiger partial charge in [0.1, 0.15) is 0 Å². The van der Waals surface area contributed by atoms with Crippen molar-refractivity contribution in [1.29, 1.82) is 0 Å². The van der Waals surface area contributed by atoms with Gasteiger partial charge in [0.2, 0.25) is 0 Å². The number of hydrogen-bond acceptors (Lipinski definition) is 3. The summed E-state index contributed by atoms with van der Waals surface area (Å²) in [6, 6.07) is 7.50. The maximum Gasteiger partial charge on any atom is 0.251 e. The van der Waals surface area contributed by atoms with Crippen LogP contribution in [0.2, 0.25) is 0 Å². The Bertz CT molecular complexity index is 399. The average Bonchev–Trinajstić information content (AvgIpc) is 2.43. The SMILES string of the molecule is CCCNc1ccc(C(=O)NCC(C)(C)OC)cc1. The Kier molecular flexibility index (Phi) is 5.83. The van der Waals surface area contributed by atoms with E-state index in [0.717, 1.165) is 18.7 Å². The van der Waals surface area contributed by atoms with Crippen molar-refractivity contribution in [3.8, 4) is 0 Å². The van der Waals surface area contributed by atoms with Crippen LogP contribution < -0.4 is 10.6 Å². The van der Waals surface area contributed by atoms with Gasteiger partial charge in [-0.3, -0.25) is 4.79 Å². The van der Waals surface area contributed by atoms with Gasteiger partial charge in [-0.2, -0.15) is 0 Å². The van der Waals surface area contributed by atoms with Crippen LogP contribution in [-0.4, -0.2) is 31.7 Å². The van der Waals surface area contributed by atoms with Crippen molar-refractivity contribution in [3.05, 3.63) is 29.8 Å². The quantitative estimate of drug-likeness (QED) is 0.796. The standard InChI is InChI=1S/C15H24N2O2/c1-5-10-16-13-8-6-12(7-9-13)14(18)17-11-15(2,3)19-4/h6-9,16H,5,10-11H2,1-4H3,(H,17,18). The summed E-state index contributed by atoms with van der Waals surface area (Å²) in [4.78, 5) is 11.9. The molecule has 19 heavy (non-hydrogen) atoms. The van der Waals surface area contributed by atoms with Crippen molar-refractivity contribution in [2.75, 3.05) is 25.5 Å². The maximum absolute atomic E-state index is 11.9. The second-order valence-corrected chi connectivity index (χ2v) is 5.15. The van der Waals surface area contributed by atoms with E-state index in [1.54, 1.807) is 7.11 Å². The van der Waals surface area contributed by atoms with Crippen LogP contribution in [0.4, 0.5) is 5.69 Å². The van der Waals surface area contributed by atoms with Crippen LogP contribution in [0.3, 0.4) is 0 Å². The lowest BCUT2D eigenvalue weighted by Gasteiger charge is -2.23. The molecular formula is C15H24N2O2. The molecule has 2 N–H and O–H groups in total. The number of nitrogens with one attached hydrogen (secondary N) is 2. The highest BCUT2D eigenvalue weighted by Crippen LogP contribution is 2.10. The highest BCUT2D eigenvalue weighted by atomic mass is 16.5. The fourth-order valence-electron chi connectivity index (χ4n) is 1.48. The second-order valence-electron chi connectivity index (χ2n) is 5.15. The van der Waals surface area contributed by atoms with E-state index >= 15 is 0 Å². The first-order valence-corrected chi connectivity index (χ1v) is 6.66. The molecule has 1 rings (SSSR count). The van der Waals surface area contributed by atoms with E-state index in [0.29, 0.717) is 12.1 Å². The highest BCUT2D eigenvalue weighted by Gasteiger charge is 2.17. The Balaban J connectivity index is 2.53. The molecule has 0 spiro atoms. The molecule has 1 aromatic rings. The molecule has 0 aliphatic carbocycles. The van der Waals surface area contributed by atoms with Crippen molar-refractivity contribution >= 4 is 11.6 Å². The number of rotatable bonds is 7. The molecule has 0 unspecified atom stereocenters. The zero-order valence-electron chi connectivity index (χ0n) is 12.2. The average molecular weight is 264 g/mol. The molecule has 0 aromatic heterocycles. The van der Waals surface area contributed by atoms with Gasteiger partial charge in [0, 0.05) is 31.5 Å². The first-order chi connectivity index (χ1) is 8.98. The smallest absolute Gasteiger partial charge is 0.251 e. The molecular weight excluding hydrogens is 240 g/mol. The Labute approximate surface area is 115 Å². The van der Waals surface area contributed by atoms with Crippen molar-refractivity contribution in [2.24, 2.45) is 0 Å². The van der Waals surface area contributed by atoms with Gasteiger partial charge in [-0.25, -0.2) is 0 Å². The second kappa shape index (κ2) is 7.14. The molecule has 0 radical (unpaired) electrons. The lowest BCUT2D eigenvalue weighted by atomic mass is 10.1. The maximum atomic E-state index is 11.9. The summed E-state index contributed by atoms with van der Waals surface area (Å²) in [7, 11) is 1.64. The number of carbonyl (C=O) groups is 1. The van der Waals surface area contributed by atoms with Gasteiger partial charge in [-0.15, -0.1) is 0 Å². The summed E-state index contributed by atoms with van der Waals surface area (Å²) >= 11 is 0.